The second-order valence-corrected chi connectivity index (χ2v) is 3.55. The minimum absolute atomic E-state index is 0.109. The first-order valence-electron chi connectivity index (χ1n) is 5.32. The second kappa shape index (κ2) is 5.34. The van der Waals surface area contributed by atoms with Gasteiger partial charge in [0.25, 0.3) is 5.56 Å². The van der Waals surface area contributed by atoms with Crippen LogP contribution in [0.1, 0.15) is 20.3 Å². The van der Waals surface area contributed by atoms with E-state index in [1.807, 2.05) is 13.8 Å². The van der Waals surface area contributed by atoms with Crippen molar-refractivity contribution in [3.8, 4) is 0 Å². The number of hydrogen-bond acceptors (Lipinski definition) is 3. The van der Waals surface area contributed by atoms with Crippen LogP contribution in [0.2, 0.25) is 0 Å². The van der Waals surface area contributed by atoms with Crippen LogP contribution in [0.25, 0.3) is 0 Å². The molecule has 1 rings (SSSR count). The molecule has 0 unspecified atom stereocenters. The van der Waals surface area contributed by atoms with Crippen LogP contribution in [0.4, 0.5) is 5.69 Å². The van der Waals surface area contributed by atoms with Gasteiger partial charge in [-0.15, -0.1) is 0 Å². The van der Waals surface area contributed by atoms with E-state index in [1.54, 1.807) is 12.2 Å². The highest BCUT2D eigenvalue weighted by molar-refractivity contribution is 5.31. The lowest BCUT2D eigenvalue weighted by molar-refractivity contribution is 0.577. The lowest BCUT2D eigenvalue weighted by Gasteiger charge is -2.08. The quantitative estimate of drug-likeness (QED) is 0.759. The maximum absolute atomic E-state index is 11.9. The van der Waals surface area contributed by atoms with Crippen LogP contribution in [0.15, 0.2) is 27.9 Å². The Kier molecular flexibility index (Phi) is 4.10. The van der Waals surface area contributed by atoms with Crippen molar-refractivity contribution in [1.29, 1.82) is 0 Å². The van der Waals surface area contributed by atoms with Crippen LogP contribution in [-0.2, 0) is 13.1 Å². The van der Waals surface area contributed by atoms with E-state index < -0.39 is 5.56 Å². The summed E-state index contributed by atoms with van der Waals surface area (Å²) in [6, 6.07) is 0. The molecule has 0 fully saturated rings. The second-order valence-electron chi connectivity index (χ2n) is 3.55. The summed E-state index contributed by atoms with van der Waals surface area (Å²) in [5.74, 6) is 0. The summed E-state index contributed by atoms with van der Waals surface area (Å²) in [7, 11) is 0. The first-order chi connectivity index (χ1) is 7.61. The summed E-state index contributed by atoms with van der Waals surface area (Å²) in [6.07, 6.45) is 5.78. The topological polar surface area (TPSA) is 70.0 Å². The molecule has 1 aromatic heterocycles. The Morgan fingerprint density at radius 1 is 1.44 bits per heavy atom. The number of anilines is 1. The van der Waals surface area contributed by atoms with Crippen LogP contribution in [0.3, 0.4) is 0 Å². The predicted molar refractivity (Wildman–Crippen MR) is 64.5 cm³/mol. The summed E-state index contributed by atoms with van der Waals surface area (Å²) in [5.41, 5.74) is 4.96. The number of nitrogens with two attached hydrogens (primary N) is 1. The Morgan fingerprint density at radius 3 is 2.69 bits per heavy atom. The van der Waals surface area contributed by atoms with Crippen molar-refractivity contribution in [3.05, 3.63) is 39.2 Å². The van der Waals surface area contributed by atoms with E-state index in [-0.39, 0.29) is 17.9 Å². The Morgan fingerprint density at radius 2 is 2.12 bits per heavy atom. The SMILES string of the molecule is C/C=C/Cn1c(=O)c(N)cn(CCC)c1=O. The van der Waals surface area contributed by atoms with E-state index in [2.05, 4.69) is 0 Å². The molecule has 5 heteroatoms. The summed E-state index contributed by atoms with van der Waals surface area (Å²) in [5, 5.41) is 0. The highest BCUT2D eigenvalue weighted by Gasteiger charge is 2.07. The molecular weight excluding hydrogens is 206 g/mol. The third-order valence-corrected chi connectivity index (χ3v) is 2.25. The minimum atomic E-state index is -0.421. The molecule has 0 amide bonds. The van der Waals surface area contributed by atoms with Crippen molar-refractivity contribution in [1.82, 2.24) is 9.13 Å². The summed E-state index contributed by atoms with van der Waals surface area (Å²) in [4.78, 5) is 23.5. The van der Waals surface area contributed by atoms with Gasteiger partial charge in [0, 0.05) is 19.3 Å². The fourth-order valence-electron chi connectivity index (χ4n) is 1.45. The lowest BCUT2D eigenvalue weighted by Crippen LogP contribution is -2.40. The molecule has 0 aromatic carbocycles. The molecule has 0 radical (unpaired) electrons. The van der Waals surface area contributed by atoms with Gasteiger partial charge < -0.3 is 5.73 Å². The van der Waals surface area contributed by atoms with E-state index in [9.17, 15) is 9.59 Å². The van der Waals surface area contributed by atoms with E-state index in [1.165, 1.54) is 10.8 Å². The zero-order chi connectivity index (χ0) is 12.1. The molecule has 0 aliphatic carbocycles. The summed E-state index contributed by atoms with van der Waals surface area (Å²) >= 11 is 0. The number of allylic oxidation sites excluding steroid dienone is 2. The molecule has 5 nitrogen and oxygen atoms in total. The number of hydrogen-bond donors (Lipinski definition) is 1. The monoisotopic (exact) mass is 223 g/mol. The van der Waals surface area contributed by atoms with E-state index >= 15 is 0 Å². The zero-order valence-electron chi connectivity index (χ0n) is 9.64. The molecule has 2 N–H and O–H groups in total. The highest BCUT2D eigenvalue weighted by atomic mass is 16.2. The first-order valence-corrected chi connectivity index (χ1v) is 5.32. The molecule has 88 valence electrons. The number of aryl methyl sites for hydroxylation is 1. The number of rotatable bonds is 4. The van der Waals surface area contributed by atoms with Crippen LogP contribution in [-0.4, -0.2) is 9.13 Å². The molecule has 0 aliphatic rings. The molecule has 0 spiro atoms. The highest BCUT2D eigenvalue weighted by Crippen LogP contribution is 1.92. The van der Waals surface area contributed by atoms with Gasteiger partial charge in [-0.2, -0.15) is 0 Å². The fraction of sp³-hybridized carbons (Fsp3) is 0.455. The molecule has 0 aliphatic heterocycles. The average Bonchev–Trinajstić information content (AvgIpc) is 2.26. The zero-order valence-corrected chi connectivity index (χ0v) is 9.64. The van der Waals surface area contributed by atoms with Crippen molar-refractivity contribution < 1.29 is 0 Å². The Labute approximate surface area is 93.8 Å². The largest absolute Gasteiger partial charge is 0.393 e. The Bertz CT molecular complexity index is 497. The molecule has 16 heavy (non-hydrogen) atoms. The number of aromatic nitrogens is 2. The first kappa shape index (κ1) is 12.3. The molecule has 0 saturated carbocycles. The predicted octanol–water partition coefficient (Wildman–Crippen LogP) is 0.578. The number of nitrogen functional groups attached to an aromatic ring is 1. The Hall–Kier alpha value is -1.78. The van der Waals surface area contributed by atoms with Crippen LogP contribution in [0.5, 0.6) is 0 Å². The average molecular weight is 223 g/mol. The lowest BCUT2D eigenvalue weighted by atomic mass is 10.4. The fourth-order valence-corrected chi connectivity index (χ4v) is 1.45. The third kappa shape index (κ3) is 2.42. The van der Waals surface area contributed by atoms with Crippen molar-refractivity contribution in [2.75, 3.05) is 5.73 Å². The molecule has 1 heterocycles. The summed E-state index contributed by atoms with van der Waals surface area (Å²) < 4.78 is 2.62. The molecular formula is C11H17N3O2. The Balaban J connectivity index is 3.34. The summed E-state index contributed by atoms with van der Waals surface area (Å²) in [6.45, 7) is 4.63. The van der Waals surface area contributed by atoms with Gasteiger partial charge in [-0.25, -0.2) is 4.79 Å². The van der Waals surface area contributed by atoms with Crippen LogP contribution >= 0.6 is 0 Å². The smallest absolute Gasteiger partial charge is 0.331 e. The number of nitrogens with zero attached hydrogens (tertiary/aromatic N) is 2. The minimum Gasteiger partial charge on any atom is -0.393 e. The van der Waals surface area contributed by atoms with Gasteiger partial charge in [0.05, 0.1) is 0 Å². The standard InChI is InChI=1S/C11H17N3O2/c1-3-5-7-14-10(15)9(12)8-13(6-4-2)11(14)16/h3,5,8H,4,6-7,12H2,1-2H3/b5-3+. The van der Waals surface area contributed by atoms with Crippen LogP contribution in [0, 0.1) is 0 Å². The van der Waals surface area contributed by atoms with Gasteiger partial charge in [0.15, 0.2) is 0 Å². The van der Waals surface area contributed by atoms with Gasteiger partial charge in [-0.3, -0.25) is 13.9 Å². The van der Waals surface area contributed by atoms with Crippen molar-refractivity contribution in [3.63, 3.8) is 0 Å². The van der Waals surface area contributed by atoms with Gasteiger partial charge >= 0.3 is 5.69 Å². The van der Waals surface area contributed by atoms with Crippen molar-refractivity contribution in [2.24, 2.45) is 0 Å². The molecule has 0 saturated heterocycles. The van der Waals surface area contributed by atoms with Crippen molar-refractivity contribution >= 4 is 5.69 Å². The van der Waals surface area contributed by atoms with Gasteiger partial charge in [0.1, 0.15) is 5.69 Å². The molecule has 0 atom stereocenters. The van der Waals surface area contributed by atoms with E-state index in [0.717, 1.165) is 11.0 Å². The normalized spacial score (nSPS) is 11.1. The van der Waals surface area contributed by atoms with Gasteiger partial charge in [-0.1, -0.05) is 19.1 Å². The van der Waals surface area contributed by atoms with E-state index in [4.69, 9.17) is 5.73 Å². The van der Waals surface area contributed by atoms with Gasteiger partial charge in [-0.05, 0) is 13.3 Å². The maximum atomic E-state index is 11.9. The van der Waals surface area contributed by atoms with Crippen LogP contribution < -0.4 is 17.0 Å². The molecule has 1 aromatic rings. The van der Waals surface area contributed by atoms with Crippen molar-refractivity contribution in [2.45, 2.75) is 33.4 Å². The third-order valence-electron chi connectivity index (χ3n) is 2.25. The van der Waals surface area contributed by atoms with Gasteiger partial charge in [0.2, 0.25) is 0 Å². The molecule has 0 bridgehead atoms. The van der Waals surface area contributed by atoms with E-state index in [0.29, 0.717) is 6.54 Å². The maximum Gasteiger partial charge on any atom is 0.331 e.